The molecule has 0 saturated heterocycles. The number of hydrogen-bond acceptors (Lipinski definition) is 9. The molecule has 0 atom stereocenters. The molecule has 0 spiro atoms. The fourth-order valence-electron chi connectivity index (χ4n) is 4.27. The molecule has 180 valence electrons. The highest BCUT2D eigenvalue weighted by molar-refractivity contribution is 5.94. The summed E-state index contributed by atoms with van der Waals surface area (Å²) < 4.78 is 23.7. The summed E-state index contributed by atoms with van der Waals surface area (Å²) in [7, 11) is 2.14. The molecule has 0 amide bonds. The summed E-state index contributed by atoms with van der Waals surface area (Å²) in [5, 5.41) is 4.37. The van der Waals surface area contributed by atoms with Gasteiger partial charge in [0.25, 0.3) is 0 Å². The first kappa shape index (κ1) is 22.5. The van der Waals surface area contributed by atoms with E-state index in [-0.39, 0.29) is 6.79 Å². The van der Waals surface area contributed by atoms with E-state index >= 15 is 0 Å². The van der Waals surface area contributed by atoms with E-state index in [2.05, 4.69) is 33.3 Å². The van der Waals surface area contributed by atoms with Gasteiger partial charge in [0, 0.05) is 18.0 Å². The van der Waals surface area contributed by atoms with E-state index in [0.717, 1.165) is 66.7 Å². The van der Waals surface area contributed by atoms with Gasteiger partial charge in [-0.1, -0.05) is 6.07 Å². The van der Waals surface area contributed by atoms with Crippen molar-refractivity contribution in [1.29, 1.82) is 0 Å². The van der Waals surface area contributed by atoms with Gasteiger partial charge in [-0.3, -0.25) is 0 Å². The molecule has 0 fully saturated rings. The van der Waals surface area contributed by atoms with E-state index in [0.29, 0.717) is 42.8 Å². The molecule has 0 unspecified atom stereocenters. The molecule has 2 aromatic carbocycles. The third-order valence-electron chi connectivity index (χ3n) is 6.06. The van der Waals surface area contributed by atoms with Crippen LogP contribution in [0.15, 0.2) is 30.6 Å². The minimum absolute atomic E-state index is 0.204. The van der Waals surface area contributed by atoms with Crippen LogP contribution >= 0.6 is 0 Å². The maximum atomic E-state index is 6.18. The van der Waals surface area contributed by atoms with Crippen molar-refractivity contribution >= 4 is 22.4 Å². The third kappa shape index (κ3) is 4.80. The van der Waals surface area contributed by atoms with Crippen molar-refractivity contribution in [2.75, 3.05) is 45.5 Å². The van der Waals surface area contributed by atoms with Crippen LogP contribution in [0.1, 0.15) is 31.2 Å². The highest BCUT2D eigenvalue weighted by Crippen LogP contribution is 2.44. The summed E-state index contributed by atoms with van der Waals surface area (Å²) in [5.74, 6) is 3.47. The average Bonchev–Trinajstić information content (AvgIpc) is 3.32. The van der Waals surface area contributed by atoms with Crippen molar-refractivity contribution in [3.8, 4) is 23.0 Å². The van der Waals surface area contributed by atoms with Crippen molar-refractivity contribution in [3.63, 3.8) is 0 Å². The van der Waals surface area contributed by atoms with E-state index in [4.69, 9.17) is 24.7 Å². The zero-order chi connectivity index (χ0) is 23.3. The summed E-state index contributed by atoms with van der Waals surface area (Å²) >= 11 is 0. The van der Waals surface area contributed by atoms with Gasteiger partial charge >= 0.3 is 0 Å². The van der Waals surface area contributed by atoms with E-state index in [1.807, 2.05) is 18.2 Å². The Labute approximate surface area is 199 Å². The highest BCUT2D eigenvalue weighted by atomic mass is 16.7. The molecule has 1 aromatic heterocycles. The molecule has 0 aliphatic carbocycles. The summed E-state index contributed by atoms with van der Waals surface area (Å²) in [6, 6.07) is 7.93. The van der Waals surface area contributed by atoms with Gasteiger partial charge in [0.05, 0.1) is 24.4 Å². The summed E-state index contributed by atoms with van der Waals surface area (Å²) in [6.45, 7) is 3.70. The molecule has 2 aliphatic heterocycles. The molecular weight excluding hydrogens is 434 g/mol. The first-order valence-corrected chi connectivity index (χ1v) is 11.8. The molecule has 9 nitrogen and oxygen atoms in total. The second-order valence-electron chi connectivity index (χ2n) is 8.63. The molecule has 9 heteroatoms. The molecule has 3 N–H and O–H groups in total. The van der Waals surface area contributed by atoms with Crippen LogP contribution in [0.2, 0.25) is 0 Å². The third-order valence-corrected chi connectivity index (χ3v) is 6.06. The fourth-order valence-corrected chi connectivity index (χ4v) is 4.27. The van der Waals surface area contributed by atoms with Crippen molar-refractivity contribution < 1.29 is 18.9 Å². The lowest BCUT2D eigenvalue weighted by atomic mass is 10.1. The first-order valence-electron chi connectivity index (χ1n) is 11.8. The van der Waals surface area contributed by atoms with Crippen LogP contribution in [0.3, 0.4) is 0 Å². The second kappa shape index (κ2) is 10.3. The highest BCUT2D eigenvalue weighted by Gasteiger charge is 2.23. The lowest BCUT2D eigenvalue weighted by Crippen LogP contribution is -2.20. The SMILES string of the molecule is CN1CCCCCOc2cc3c(ncnc3cc2OCCCN)Nc2c(ccc3c2OCO3)C1. The number of hydrogen-bond donors (Lipinski definition) is 2. The van der Waals surface area contributed by atoms with Gasteiger partial charge in [-0.15, -0.1) is 0 Å². The Bertz CT molecular complexity index is 1160. The molecule has 3 aromatic rings. The average molecular weight is 466 g/mol. The number of fused-ring (bicyclic) bond motifs is 4. The molecule has 2 bridgehead atoms. The smallest absolute Gasteiger partial charge is 0.231 e. The summed E-state index contributed by atoms with van der Waals surface area (Å²) in [6.07, 6.45) is 5.47. The number of anilines is 2. The maximum Gasteiger partial charge on any atom is 0.231 e. The standard InChI is InChI=1S/C25H31N5O4/c1-30-9-3-2-4-10-31-21-12-18-19(13-22(21)32-11-5-8-26)27-15-28-25(18)29-23-17(14-30)6-7-20-24(23)34-16-33-20/h6-7,12-13,15H,2-5,8-11,14,16,26H2,1H3,(H,27,28,29). The van der Waals surface area contributed by atoms with Crippen molar-refractivity contribution in [2.24, 2.45) is 5.73 Å². The minimum atomic E-state index is 0.204. The summed E-state index contributed by atoms with van der Waals surface area (Å²) in [5.41, 5.74) is 8.39. The van der Waals surface area contributed by atoms with E-state index in [1.54, 1.807) is 6.33 Å². The Morgan fingerprint density at radius 1 is 1.09 bits per heavy atom. The number of ether oxygens (including phenoxy) is 4. The molecular formula is C25H31N5O4. The Morgan fingerprint density at radius 3 is 2.94 bits per heavy atom. The van der Waals surface area contributed by atoms with Crippen LogP contribution in [0, 0.1) is 0 Å². The molecule has 3 heterocycles. The van der Waals surface area contributed by atoms with Crippen molar-refractivity contribution in [3.05, 3.63) is 36.2 Å². The number of nitrogens with zero attached hydrogens (tertiary/aromatic N) is 3. The zero-order valence-corrected chi connectivity index (χ0v) is 19.5. The summed E-state index contributed by atoms with van der Waals surface area (Å²) in [4.78, 5) is 11.4. The van der Waals surface area contributed by atoms with Gasteiger partial charge in [-0.2, -0.15) is 0 Å². The largest absolute Gasteiger partial charge is 0.490 e. The number of nitrogens with one attached hydrogen (secondary N) is 1. The van der Waals surface area contributed by atoms with Crippen LogP contribution in [-0.2, 0) is 6.54 Å². The van der Waals surface area contributed by atoms with Gasteiger partial charge in [-0.05, 0) is 63.5 Å². The van der Waals surface area contributed by atoms with Crippen molar-refractivity contribution in [2.45, 2.75) is 32.2 Å². The maximum absolute atomic E-state index is 6.18. The molecule has 2 aliphatic rings. The number of nitrogens with two attached hydrogens (primary N) is 1. The minimum Gasteiger partial charge on any atom is -0.490 e. The Kier molecular flexibility index (Phi) is 6.82. The zero-order valence-electron chi connectivity index (χ0n) is 19.5. The second-order valence-corrected chi connectivity index (χ2v) is 8.63. The monoisotopic (exact) mass is 465 g/mol. The first-order chi connectivity index (χ1) is 16.7. The Balaban J connectivity index is 1.59. The topological polar surface area (TPSA) is 104 Å². The van der Waals surface area contributed by atoms with E-state index in [9.17, 15) is 0 Å². The fraction of sp³-hybridized carbons (Fsp3) is 0.440. The van der Waals surface area contributed by atoms with Gasteiger partial charge in [-0.25, -0.2) is 9.97 Å². The molecule has 5 rings (SSSR count). The Hall–Kier alpha value is -3.30. The van der Waals surface area contributed by atoms with Crippen LogP contribution in [0.5, 0.6) is 23.0 Å². The molecule has 0 radical (unpaired) electrons. The van der Waals surface area contributed by atoms with Gasteiger partial charge in [0.2, 0.25) is 6.79 Å². The van der Waals surface area contributed by atoms with E-state index in [1.165, 1.54) is 0 Å². The predicted molar refractivity (Wildman–Crippen MR) is 130 cm³/mol. The molecule has 0 saturated carbocycles. The normalized spacial score (nSPS) is 16.3. The van der Waals surface area contributed by atoms with Crippen LogP contribution in [-0.4, -0.2) is 55.0 Å². The lowest BCUT2D eigenvalue weighted by Gasteiger charge is -2.20. The number of aromatic nitrogens is 2. The van der Waals surface area contributed by atoms with Crippen LogP contribution in [0.4, 0.5) is 11.5 Å². The molecule has 34 heavy (non-hydrogen) atoms. The lowest BCUT2D eigenvalue weighted by molar-refractivity contribution is 0.174. The van der Waals surface area contributed by atoms with Crippen LogP contribution < -0.4 is 30.0 Å². The van der Waals surface area contributed by atoms with Crippen LogP contribution in [0.25, 0.3) is 10.9 Å². The van der Waals surface area contributed by atoms with Gasteiger partial charge < -0.3 is 34.9 Å². The van der Waals surface area contributed by atoms with Gasteiger partial charge in [0.1, 0.15) is 12.1 Å². The van der Waals surface area contributed by atoms with Crippen molar-refractivity contribution in [1.82, 2.24) is 14.9 Å². The predicted octanol–water partition coefficient (Wildman–Crippen LogP) is 3.82. The van der Waals surface area contributed by atoms with Gasteiger partial charge in [0.15, 0.2) is 23.0 Å². The number of rotatable bonds is 4. The van der Waals surface area contributed by atoms with E-state index < -0.39 is 0 Å². The Morgan fingerprint density at radius 2 is 2.03 bits per heavy atom. The number of benzene rings is 2. The quantitative estimate of drug-likeness (QED) is 0.556.